The lowest BCUT2D eigenvalue weighted by molar-refractivity contribution is -0.384. The number of nitro groups is 1. The smallest absolute Gasteiger partial charge is 0.271 e. The second-order valence-electron chi connectivity index (χ2n) is 8.69. The molecule has 1 amide bonds. The molecule has 0 heterocycles. The molecule has 0 aromatic heterocycles. The zero-order valence-corrected chi connectivity index (χ0v) is 22.6. The number of hydrogen-bond donors (Lipinski definition) is 1. The number of carbonyl (C=O) groups excluding carboxylic acids is 1. The van der Waals surface area contributed by atoms with Crippen molar-refractivity contribution >= 4 is 17.8 Å². The van der Waals surface area contributed by atoms with Crippen molar-refractivity contribution in [2.75, 3.05) is 13.7 Å². The van der Waals surface area contributed by atoms with Gasteiger partial charge in [0, 0.05) is 17.7 Å². The maximum atomic E-state index is 12.3. The van der Waals surface area contributed by atoms with Crippen LogP contribution >= 0.6 is 0 Å². The van der Waals surface area contributed by atoms with Crippen molar-refractivity contribution in [2.24, 2.45) is 5.10 Å². The third kappa shape index (κ3) is 8.06. The van der Waals surface area contributed by atoms with Gasteiger partial charge in [0.1, 0.15) is 13.2 Å². The van der Waals surface area contributed by atoms with Crippen molar-refractivity contribution < 1.29 is 28.7 Å². The summed E-state index contributed by atoms with van der Waals surface area (Å²) in [5.74, 6) is 1.72. The van der Waals surface area contributed by atoms with Crippen molar-refractivity contribution in [3.63, 3.8) is 0 Å². The van der Waals surface area contributed by atoms with Crippen molar-refractivity contribution in [3.8, 4) is 23.0 Å². The van der Waals surface area contributed by atoms with Crippen LogP contribution in [0.1, 0.15) is 34.0 Å². The summed E-state index contributed by atoms with van der Waals surface area (Å²) >= 11 is 0. The third-order valence-corrected chi connectivity index (χ3v) is 5.83. The van der Waals surface area contributed by atoms with E-state index in [1.54, 1.807) is 18.2 Å². The molecule has 1 N–H and O–H groups in total. The molecule has 0 fully saturated rings. The van der Waals surface area contributed by atoms with Crippen LogP contribution in [0, 0.1) is 10.1 Å². The molecule has 4 rings (SSSR count). The summed E-state index contributed by atoms with van der Waals surface area (Å²) in [7, 11) is 1.53. The molecule has 0 spiro atoms. The van der Waals surface area contributed by atoms with Gasteiger partial charge in [-0.3, -0.25) is 14.9 Å². The van der Waals surface area contributed by atoms with E-state index < -0.39 is 10.8 Å². The summed E-state index contributed by atoms with van der Waals surface area (Å²) < 4.78 is 23.3. The molecule has 0 aliphatic carbocycles. The van der Waals surface area contributed by atoms with Gasteiger partial charge in [-0.25, -0.2) is 5.43 Å². The minimum Gasteiger partial charge on any atom is -0.493 e. The molecule has 0 aliphatic heterocycles. The Morgan fingerprint density at radius 3 is 2.29 bits per heavy atom. The number of hydrazone groups is 1. The molecule has 0 radical (unpaired) electrons. The van der Waals surface area contributed by atoms with Gasteiger partial charge in [-0.2, -0.15) is 5.10 Å². The van der Waals surface area contributed by atoms with Gasteiger partial charge in [0.25, 0.3) is 11.6 Å². The second kappa shape index (κ2) is 14.1. The molecule has 0 saturated heterocycles. The van der Waals surface area contributed by atoms with Gasteiger partial charge in [-0.15, -0.1) is 0 Å². The van der Waals surface area contributed by atoms with Gasteiger partial charge in [-0.05, 0) is 60.0 Å². The first-order valence-corrected chi connectivity index (χ1v) is 12.8. The predicted molar refractivity (Wildman–Crippen MR) is 154 cm³/mol. The van der Waals surface area contributed by atoms with E-state index in [1.165, 1.54) is 37.6 Å². The van der Waals surface area contributed by atoms with Crippen molar-refractivity contribution in [2.45, 2.75) is 20.1 Å². The van der Waals surface area contributed by atoms with Crippen LogP contribution in [-0.2, 0) is 13.2 Å². The topological polar surface area (TPSA) is 122 Å². The Kier molecular flexibility index (Phi) is 9.87. The fourth-order valence-electron chi connectivity index (χ4n) is 3.80. The summed E-state index contributed by atoms with van der Waals surface area (Å²) in [6.07, 6.45) is 1.43. The Morgan fingerprint density at radius 1 is 0.829 bits per heavy atom. The summed E-state index contributed by atoms with van der Waals surface area (Å²) in [5.41, 5.74) is 4.91. The SMILES string of the molecule is CCOc1cc(COc2ccc(/C=N/NC(=O)c3cccc([N+](=O)[O-])c3)cc2OC)ccc1OCc1ccccc1. The fraction of sp³-hybridized carbons (Fsp3) is 0.161. The Bertz CT molecular complexity index is 1520. The Balaban J connectivity index is 1.37. The Labute approximate surface area is 237 Å². The normalized spacial score (nSPS) is 10.7. The molecule has 0 atom stereocenters. The largest absolute Gasteiger partial charge is 0.493 e. The highest BCUT2D eigenvalue weighted by Crippen LogP contribution is 2.32. The average molecular weight is 556 g/mol. The first-order valence-electron chi connectivity index (χ1n) is 12.8. The Morgan fingerprint density at radius 2 is 1.56 bits per heavy atom. The van der Waals surface area contributed by atoms with Crippen molar-refractivity contribution in [1.29, 1.82) is 0 Å². The molecule has 41 heavy (non-hydrogen) atoms. The van der Waals surface area contributed by atoms with Crippen LogP contribution in [-0.4, -0.2) is 30.8 Å². The van der Waals surface area contributed by atoms with Crippen LogP contribution in [0.5, 0.6) is 23.0 Å². The second-order valence-corrected chi connectivity index (χ2v) is 8.69. The number of nitrogens with zero attached hydrogens (tertiary/aromatic N) is 2. The van der Waals surface area contributed by atoms with Crippen LogP contribution < -0.4 is 24.4 Å². The van der Waals surface area contributed by atoms with E-state index in [-0.39, 0.29) is 17.9 Å². The van der Waals surface area contributed by atoms with Crippen molar-refractivity contribution in [1.82, 2.24) is 5.43 Å². The van der Waals surface area contributed by atoms with Gasteiger partial charge >= 0.3 is 0 Å². The maximum Gasteiger partial charge on any atom is 0.271 e. The highest BCUT2D eigenvalue weighted by atomic mass is 16.6. The molecule has 0 saturated carbocycles. The van der Waals surface area contributed by atoms with Crippen LogP contribution in [0.2, 0.25) is 0 Å². The lowest BCUT2D eigenvalue weighted by atomic mass is 10.2. The van der Waals surface area contributed by atoms with Crippen LogP contribution in [0.25, 0.3) is 0 Å². The molecule has 10 heteroatoms. The monoisotopic (exact) mass is 555 g/mol. The number of non-ortho nitro benzene ring substituents is 1. The number of hydrogen-bond acceptors (Lipinski definition) is 8. The van der Waals surface area contributed by atoms with E-state index >= 15 is 0 Å². The molecule has 0 unspecified atom stereocenters. The molecule has 10 nitrogen and oxygen atoms in total. The van der Waals surface area contributed by atoms with E-state index in [4.69, 9.17) is 18.9 Å². The highest BCUT2D eigenvalue weighted by molar-refractivity contribution is 5.95. The Hall–Kier alpha value is -5.38. The zero-order chi connectivity index (χ0) is 29.0. The number of nitro benzene ring substituents is 1. The van der Waals surface area contributed by atoms with Gasteiger partial charge in [0.05, 0.1) is 24.9 Å². The van der Waals surface area contributed by atoms with Gasteiger partial charge in [-0.1, -0.05) is 42.5 Å². The standard InChI is InChI=1S/C31H29N3O7/c1-3-39-30-17-24(13-15-28(30)40-20-22-8-5-4-6-9-22)21-41-27-14-12-23(16-29(27)38-2)19-32-33-31(35)25-10-7-11-26(18-25)34(36)37/h4-19H,3,20-21H2,1-2H3,(H,33,35)/b32-19+. The van der Waals surface area contributed by atoms with E-state index in [0.29, 0.717) is 41.8 Å². The zero-order valence-electron chi connectivity index (χ0n) is 22.6. The quantitative estimate of drug-likeness (QED) is 0.123. The van der Waals surface area contributed by atoms with Gasteiger partial charge in [0.2, 0.25) is 0 Å². The fourth-order valence-corrected chi connectivity index (χ4v) is 3.80. The lowest BCUT2D eigenvalue weighted by Crippen LogP contribution is -2.17. The summed E-state index contributed by atoms with van der Waals surface area (Å²) in [4.78, 5) is 22.6. The molecule has 210 valence electrons. The highest BCUT2D eigenvalue weighted by Gasteiger charge is 2.12. The first kappa shape index (κ1) is 28.6. The summed E-state index contributed by atoms with van der Waals surface area (Å²) in [6.45, 7) is 3.11. The first-order chi connectivity index (χ1) is 20.0. The molecule has 4 aromatic carbocycles. The van der Waals surface area contributed by atoms with Gasteiger partial charge in [0.15, 0.2) is 23.0 Å². The number of rotatable bonds is 13. The predicted octanol–water partition coefficient (Wildman–Crippen LogP) is 5.92. The number of methoxy groups -OCH3 is 1. The number of amides is 1. The number of carbonyl (C=O) groups is 1. The van der Waals surface area contributed by atoms with E-state index in [1.807, 2.05) is 55.5 Å². The minimum absolute atomic E-state index is 0.126. The average Bonchev–Trinajstić information content (AvgIpc) is 3.00. The van der Waals surface area contributed by atoms with Gasteiger partial charge < -0.3 is 18.9 Å². The molecular weight excluding hydrogens is 526 g/mol. The summed E-state index contributed by atoms with van der Waals surface area (Å²) in [6, 6.07) is 26.2. The molecule has 4 aromatic rings. The lowest BCUT2D eigenvalue weighted by Gasteiger charge is -2.15. The number of benzene rings is 4. The van der Waals surface area contributed by atoms with Crippen LogP contribution in [0.4, 0.5) is 5.69 Å². The van der Waals surface area contributed by atoms with E-state index in [0.717, 1.165) is 11.1 Å². The van der Waals surface area contributed by atoms with Crippen LogP contribution in [0.3, 0.4) is 0 Å². The van der Waals surface area contributed by atoms with E-state index in [2.05, 4.69) is 10.5 Å². The molecule has 0 bridgehead atoms. The number of ether oxygens (including phenoxy) is 4. The van der Waals surface area contributed by atoms with Crippen molar-refractivity contribution in [3.05, 3.63) is 123 Å². The minimum atomic E-state index is -0.570. The maximum absolute atomic E-state index is 12.3. The molecule has 0 aliphatic rings. The summed E-state index contributed by atoms with van der Waals surface area (Å²) in [5, 5.41) is 14.9. The molecular formula is C31H29N3O7. The van der Waals surface area contributed by atoms with E-state index in [9.17, 15) is 14.9 Å². The number of nitrogens with one attached hydrogen (secondary N) is 1. The van der Waals surface area contributed by atoms with Crippen LogP contribution in [0.15, 0.2) is 96.1 Å². The third-order valence-electron chi connectivity index (χ3n) is 5.83.